The molecule has 3 heteroatoms. The van der Waals surface area contributed by atoms with Gasteiger partial charge in [0.2, 0.25) is 0 Å². The van der Waals surface area contributed by atoms with Crippen LogP contribution in [0.2, 0.25) is 0 Å². The van der Waals surface area contributed by atoms with Gasteiger partial charge in [0.25, 0.3) is 0 Å². The molecule has 0 bridgehead atoms. The number of hydrogen-bond donors (Lipinski definition) is 0. The minimum Gasteiger partial charge on any atom is -0.236 e. The zero-order chi connectivity index (χ0) is 7.23. The van der Waals surface area contributed by atoms with Crippen LogP contribution >= 0.6 is 15.9 Å². The highest BCUT2D eigenvalue weighted by atomic mass is 79.9. The van der Waals surface area contributed by atoms with Crippen LogP contribution in [0.3, 0.4) is 0 Å². The molecule has 1 aliphatic rings. The molecule has 0 amide bonds. The van der Waals surface area contributed by atoms with Gasteiger partial charge in [-0.05, 0) is 25.7 Å². The second kappa shape index (κ2) is 5.10. The van der Waals surface area contributed by atoms with Crippen molar-refractivity contribution in [2.45, 2.75) is 31.8 Å². The van der Waals surface area contributed by atoms with E-state index in [1.807, 2.05) is 0 Å². The number of alkyl halides is 1. The van der Waals surface area contributed by atoms with E-state index < -0.39 is 0 Å². The summed E-state index contributed by atoms with van der Waals surface area (Å²) in [5, 5.41) is 1.06. The average Bonchev–Trinajstić information content (AvgIpc) is 2.03. The molecule has 1 aliphatic heterocycles. The first-order valence-corrected chi connectivity index (χ1v) is 4.90. The molecule has 1 heterocycles. The highest BCUT2D eigenvalue weighted by Crippen LogP contribution is 2.15. The lowest BCUT2D eigenvalue weighted by Crippen LogP contribution is -2.19. The third-order valence-electron chi connectivity index (χ3n) is 1.62. The largest absolute Gasteiger partial charge is 0.236 e. The molecule has 2 nitrogen and oxygen atoms in total. The topological polar surface area (TPSA) is 18.5 Å². The zero-order valence-electron chi connectivity index (χ0n) is 6.01. The summed E-state index contributed by atoms with van der Waals surface area (Å²) in [5.74, 6) is 0. The van der Waals surface area contributed by atoms with E-state index in [-0.39, 0.29) is 0 Å². The van der Waals surface area contributed by atoms with Crippen LogP contribution in [0.25, 0.3) is 0 Å². The fraction of sp³-hybridized carbons (Fsp3) is 1.00. The highest BCUT2D eigenvalue weighted by Gasteiger charge is 2.13. The minimum atomic E-state index is 0.353. The van der Waals surface area contributed by atoms with Crippen LogP contribution in [0.1, 0.15) is 25.7 Å². The molecule has 0 aromatic carbocycles. The van der Waals surface area contributed by atoms with Crippen molar-refractivity contribution in [3.05, 3.63) is 0 Å². The van der Waals surface area contributed by atoms with Gasteiger partial charge >= 0.3 is 0 Å². The Hall–Kier alpha value is 0.400. The van der Waals surface area contributed by atoms with Crippen molar-refractivity contribution in [2.24, 2.45) is 0 Å². The van der Waals surface area contributed by atoms with Crippen molar-refractivity contribution in [1.29, 1.82) is 0 Å². The summed E-state index contributed by atoms with van der Waals surface area (Å²) < 4.78 is 0. The summed E-state index contributed by atoms with van der Waals surface area (Å²) in [5.41, 5.74) is 0. The first-order valence-electron chi connectivity index (χ1n) is 3.77. The summed E-state index contributed by atoms with van der Waals surface area (Å²) in [4.78, 5) is 9.92. The second-order valence-corrected chi connectivity index (χ2v) is 3.31. The Balaban J connectivity index is 2.02. The Morgan fingerprint density at radius 2 is 2.40 bits per heavy atom. The first kappa shape index (κ1) is 8.50. The van der Waals surface area contributed by atoms with Gasteiger partial charge in [-0.2, -0.15) is 0 Å². The molecule has 0 saturated carbocycles. The molecule has 1 rings (SSSR count). The van der Waals surface area contributed by atoms with E-state index in [0.29, 0.717) is 6.10 Å². The van der Waals surface area contributed by atoms with Gasteiger partial charge in [0.05, 0.1) is 12.7 Å². The molecule has 0 aliphatic carbocycles. The quantitative estimate of drug-likeness (QED) is 0.524. The Morgan fingerprint density at radius 3 is 3.00 bits per heavy atom. The van der Waals surface area contributed by atoms with Crippen molar-refractivity contribution in [1.82, 2.24) is 0 Å². The fourth-order valence-electron chi connectivity index (χ4n) is 1.06. The molecule has 0 N–H and O–H groups in total. The van der Waals surface area contributed by atoms with Crippen LogP contribution in [0.15, 0.2) is 0 Å². The van der Waals surface area contributed by atoms with Crippen molar-refractivity contribution in [3.63, 3.8) is 0 Å². The Kier molecular flexibility index (Phi) is 4.34. The maximum atomic E-state index is 5.06. The molecule has 1 saturated heterocycles. The summed E-state index contributed by atoms with van der Waals surface area (Å²) >= 11 is 3.38. The molecule has 0 radical (unpaired) electrons. The second-order valence-electron chi connectivity index (χ2n) is 2.51. The molecule has 1 atom stereocenters. The van der Waals surface area contributed by atoms with Gasteiger partial charge in [-0.3, -0.25) is 0 Å². The van der Waals surface area contributed by atoms with Crippen LogP contribution in [0, 0.1) is 0 Å². The molecule has 1 unspecified atom stereocenters. The lowest BCUT2D eigenvalue weighted by Gasteiger charge is -2.20. The van der Waals surface area contributed by atoms with Crippen molar-refractivity contribution in [2.75, 3.05) is 11.9 Å². The molecule has 0 aromatic rings. The number of hydrogen-bond acceptors (Lipinski definition) is 2. The van der Waals surface area contributed by atoms with Crippen LogP contribution in [0.5, 0.6) is 0 Å². The van der Waals surface area contributed by atoms with Crippen LogP contribution in [-0.2, 0) is 9.78 Å². The molecule has 10 heavy (non-hydrogen) atoms. The van der Waals surface area contributed by atoms with E-state index in [2.05, 4.69) is 15.9 Å². The third-order valence-corrected chi connectivity index (χ3v) is 2.18. The van der Waals surface area contributed by atoms with E-state index >= 15 is 0 Å². The van der Waals surface area contributed by atoms with Gasteiger partial charge in [0, 0.05) is 5.33 Å². The maximum absolute atomic E-state index is 5.06. The summed E-state index contributed by atoms with van der Waals surface area (Å²) in [6.45, 7) is 0.769. The van der Waals surface area contributed by atoms with Gasteiger partial charge < -0.3 is 0 Å². The lowest BCUT2D eigenvalue weighted by molar-refractivity contribution is -0.345. The first-order chi connectivity index (χ1) is 4.93. The van der Waals surface area contributed by atoms with Crippen molar-refractivity contribution >= 4 is 15.9 Å². The average molecular weight is 209 g/mol. The standard InChI is InChI=1S/C7H13BrO2/c8-5-1-3-7-4-2-6-9-10-7/h7H,1-6H2. The molecule has 1 fully saturated rings. The molecule has 0 spiro atoms. The van der Waals surface area contributed by atoms with E-state index in [0.717, 1.165) is 31.2 Å². The summed E-state index contributed by atoms with van der Waals surface area (Å²) in [6.07, 6.45) is 4.95. The maximum Gasteiger partial charge on any atom is 0.0931 e. The van der Waals surface area contributed by atoms with Gasteiger partial charge in [-0.25, -0.2) is 9.78 Å². The van der Waals surface area contributed by atoms with Crippen LogP contribution < -0.4 is 0 Å². The van der Waals surface area contributed by atoms with Crippen molar-refractivity contribution in [3.8, 4) is 0 Å². The zero-order valence-corrected chi connectivity index (χ0v) is 7.60. The van der Waals surface area contributed by atoms with E-state index in [4.69, 9.17) is 9.78 Å². The normalized spacial score (nSPS) is 26.7. The van der Waals surface area contributed by atoms with E-state index in [1.54, 1.807) is 0 Å². The third kappa shape index (κ3) is 2.99. The highest BCUT2D eigenvalue weighted by molar-refractivity contribution is 9.09. The van der Waals surface area contributed by atoms with E-state index in [9.17, 15) is 0 Å². The summed E-state index contributed by atoms with van der Waals surface area (Å²) in [6, 6.07) is 0. The lowest BCUT2D eigenvalue weighted by atomic mass is 10.1. The van der Waals surface area contributed by atoms with Gasteiger partial charge in [0.1, 0.15) is 0 Å². The Morgan fingerprint density at radius 1 is 1.50 bits per heavy atom. The Bertz CT molecular complexity index is 81.7. The fourth-order valence-corrected chi connectivity index (χ4v) is 1.38. The molecular formula is C7H13BrO2. The smallest absolute Gasteiger partial charge is 0.0931 e. The predicted molar refractivity (Wildman–Crippen MR) is 43.1 cm³/mol. The predicted octanol–water partition coefficient (Wildman–Crippen LogP) is 2.27. The van der Waals surface area contributed by atoms with Crippen LogP contribution in [-0.4, -0.2) is 18.0 Å². The summed E-state index contributed by atoms with van der Waals surface area (Å²) in [7, 11) is 0. The monoisotopic (exact) mass is 208 g/mol. The SMILES string of the molecule is BrCCCC1CCCOO1. The van der Waals surface area contributed by atoms with Gasteiger partial charge in [0.15, 0.2) is 0 Å². The molecule has 0 aromatic heterocycles. The number of halogens is 1. The van der Waals surface area contributed by atoms with Gasteiger partial charge in [-0.15, -0.1) is 0 Å². The molecular weight excluding hydrogens is 196 g/mol. The minimum absolute atomic E-state index is 0.353. The van der Waals surface area contributed by atoms with Crippen LogP contribution in [0.4, 0.5) is 0 Å². The van der Waals surface area contributed by atoms with Gasteiger partial charge in [-0.1, -0.05) is 15.9 Å². The number of rotatable bonds is 3. The Labute approximate surface area is 69.9 Å². The van der Waals surface area contributed by atoms with E-state index in [1.165, 1.54) is 6.42 Å². The molecule has 60 valence electrons. The van der Waals surface area contributed by atoms with Crippen molar-refractivity contribution < 1.29 is 9.78 Å².